The summed E-state index contributed by atoms with van der Waals surface area (Å²) in [6.45, 7) is 0. The van der Waals surface area contributed by atoms with Crippen LogP contribution in [-0.2, 0) is 11.0 Å². The quantitative estimate of drug-likeness (QED) is 0.475. The van der Waals surface area contributed by atoms with Gasteiger partial charge in [-0.2, -0.15) is 13.2 Å². The maximum Gasteiger partial charge on any atom is 1.00 e. The molecule has 0 fully saturated rings. The van der Waals surface area contributed by atoms with Gasteiger partial charge in [0.25, 0.3) is 0 Å². The third-order valence-corrected chi connectivity index (χ3v) is 1.63. The fourth-order valence-corrected chi connectivity index (χ4v) is 0.983. The number of carboxylic acid groups (broad SMARTS) is 1. The largest absolute Gasteiger partial charge is 1.00 e. The number of halogens is 3. The summed E-state index contributed by atoms with van der Waals surface area (Å²) in [7, 11) is 0. The molecule has 0 saturated heterocycles. The molecule has 0 heterocycles. The summed E-state index contributed by atoms with van der Waals surface area (Å²) < 4.78 is 36.6. The predicted molar refractivity (Wildman–Crippen MR) is 45.5 cm³/mol. The first-order chi connectivity index (χ1) is 6.89. The van der Waals surface area contributed by atoms with Crippen LogP contribution in [0.5, 0.6) is 0 Å². The number of rotatable bonds is 2. The van der Waals surface area contributed by atoms with Crippen molar-refractivity contribution in [2.75, 3.05) is 0 Å². The van der Waals surface area contributed by atoms with E-state index < -0.39 is 17.7 Å². The first kappa shape index (κ1) is 15.9. The van der Waals surface area contributed by atoms with Gasteiger partial charge in [-0.05, 0) is 23.8 Å². The minimum Gasteiger partial charge on any atom is -0.545 e. The normalized spacial score (nSPS) is 11.2. The third kappa shape index (κ3) is 5.27. The van der Waals surface area contributed by atoms with E-state index in [9.17, 15) is 23.1 Å². The monoisotopic (exact) mass is 254 g/mol. The van der Waals surface area contributed by atoms with E-state index in [0.29, 0.717) is 6.08 Å². The Balaban J connectivity index is 0.00000225. The molecule has 0 spiro atoms. The minimum atomic E-state index is -4.43. The maximum absolute atomic E-state index is 12.2. The van der Waals surface area contributed by atoms with E-state index in [1.165, 1.54) is 12.1 Å². The van der Waals surface area contributed by atoms with Gasteiger partial charge in [-0.25, -0.2) is 0 Å². The van der Waals surface area contributed by atoms with Crippen LogP contribution in [0.15, 0.2) is 30.3 Å². The van der Waals surface area contributed by atoms with Gasteiger partial charge in [0.05, 0.1) is 11.5 Å². The minimum absolute atomic E-state index is 0. The molecule has 0 unspecified atom stereocenters. The number of carbonyl (C=O) groups is 1. The van der Waals surface area contributed by atoms with Crippen LogP contribution in [0.4, 0.5) is 13.2 Å². The number of alkyl halides is 3. The van der Waals surface area contributed by atoms with Crippen molar-refractivity contribution in [1.29, 1.82) is 0 Å². The molecule has 0 N–H and O–H groups in total. The molecule has 16 heavy (non-hydrogen) atoms. The van der Waals surface area contributed by atoms with Crippen molar-refractivity contribution in [2.24, 2.45) is 0 Å². The Labute approximate surface area is 133 Å². The summed E-state index contributed by atoms with van der Waals surface area (Å²) in [6, 6.07) is 4.35. The van der Waals surface area contributed by atoms with Crippen molar-refractivity contribution >= 4 is 12.0 Å². The second-order valence-corrected chi connectivity index (χ2v) is 2.78. The fraction of sp³-hybridized carbons (Fsp3) is 0.100. The average Bonchev–Trinajstić information content (AvgIpc) is 2.14. The number of hydrogen-bond donors (Lipinski definition) is 0. The smallest absolute Gasteiger partial charge is 0.545 e. The van der Waals surface area contributed by atoms with Gasteiger partial charge >= 0.3 is 57.6 Å². The Kier molecular flexibility index (Phi) is 6.50. The van der Waals surface area contributed by atoms with Crippen LogP contribution in [0.25, 0.3) is 6.08 Å². The van der Waals surface area contributed by atoms with Crippen molar-refractivity contribution in [2.45, 2.75) is 6.18 Å². The van der Waals surface area contributed by atoms with E-state index in [1.54, 1.807) is 0 Å². The SMILES string of the molecule is O=C([O-])/C=C/c1cccc(C(F)(F)F)c1.[K+]. The molecule has 1 rings (SSSR count). The van der Waals surface area contributed by atoms with Crippen LogP contribution in [-0.4, -0.2) is 5.97 Å². The van der Waals surface area contributed by atoms with Gasteiger partial charge < -0.3 is 9.90 Å². The molecule has 1 aromatic rings. The van der Waals surface area contributed by atoms with E-state index in [1.807, 2.05) is 0 Å². The first-order valence-corrected chi connectivity index (χ1v) is 3.96. The van der Waals surface area contributed by atoms with Gasteiger partial charge in [0, 0.05) is 0 Å². The van der Waals surface area contributed by atoms with Crippen molar-refractivity contribution < 1.29 is 74.5 Å². The van der Waals surface area contributed by atoms with E-state index in [2.05, 4.69) is 0 Å². The van der Waals surface area contributed by atoms with Crippen LogP contribution in [0.2, 0.25) is 0 Å². The first-order valence-electron chi connectivity index (χ1n) is 3.96. The Hall–Kier alpha value is -0.144. The summed E-state index contributed by atoms with van der Waals surface area (Å²) in [5, 5.41) is 10.0. The molecule has 0 aromatic heterocycles. The van der Waals surface area contributed by atoms with Crippen LogP contribution in [0, 0.1) is 0 Å². The molecular formula is C10H6F3KO2. The molecule has 0 saturated carbocycles. The van der Waals surface area contributed by atoms with E-state index in [-0.39, 0.29) is 56.9 Å². The topological polar surface area (TPSA) is 40.1 Å². The van der Waals surface area contributed by atoms with Gasteiger partial charge in [0.2, 0.25) is 0 Å². The van der Waals surface area contributed by atoms with Gasteiger partial charge in [0.15, 0.2) is 0 Å². The van der Waals surface area contributed by atoms with Crippen LogP contribution >= 0.6 is 0 Å². The van der Waals surface area contributed by atoms with Crippen molar-refractivity contribution in [3.05, 3.63) is 41.5 Å². The number of hydrogen-bond acceptors (Lipinski definition) is 2. The van der Waals surface area contributed by atoms with Crippen LogP contribution in [0.1, 0.15) is 11.1 Å². The molecule has 0 amide bonds. The maximum atomic E-state index is 12.2. The van der Waals surface area contributed by atoms with Gasteiger partial charge in [-0.1, -0.05) is 18.2 Å². The molecule has 1 aromatic carbocycles. The Bertz CT molecular complexity index is 399. The predicted octanol–water partition coefficient (Wildman–Crippen LogP) is -1.53. The van der Waals surface area contributed by atoms with Crippen LogP contribution < -0.4 is 56.5 Å². The Morgan fingerprint density at radius 3 is 2.44 bits per heavy atom. The number of carbonyl (C=O) groups excluding carboxylic acids is 1. The standard InChI is InChI=1S/C10H7F3O2.K/c11-10(12,13)8-3-1-2-7(6-8)4-5-9(14)15;/h1-6H,(H,14,15);/q;+1/p-1/b5-4+;. The summed E-state index contributed by atoms with van der Waals surface area (Å²) in [5.74, 6) is -1.45. The second kappa shape index (κ2) is 6.56. The Morgan fingerprint density at radius 2 is 1.94 bits per heavy atom. The number of carboxylic acids is 1. The molecule has 0 aliphatic rings. The van der Waals surface area contributed by atoms with Crippen LogP contribution in [0.3, 0.4) is 0 Å². The van der Waals surface area contributed by atoms with E-state index in [0.717, 1.165) is 18.2 Å². The molecular weight excluding hydrogens is 248 g/mol. The molecule has 0 bridgehead atoms. The zero-order chi connectivity index (χ0) is 11.5. The zero-order valence-electron chi connectivity index (χ0n) is 8.41. The molecule has 0 radical (unpaired) electrons. The number of benzene rings is 1. The van der Waals surface area contributed by atoms with Gasteiger partial charge in [0.1, 0.15) is 0 Å². The molecule has 0 aliphatic carbocycles. The number of aliphatic carboxylic acids is 1. The van der Waals surface area contributed by atoms with Crippen molar-refractivity contribution in [3.63, 3.8) is 0 Å². The zero-order valence-corrected chi connectivity index (χ0v) is 11.5. The molecule has 2 nitrogen and oxygen atoms in total. The molecule has 6 heteroatoms. The van der Waals surface area contributed by atoms with E-state index >= 15 is 0 Å². The summed E-state index contributed by atoms with van der Waals surface area (Å²) in [6.07, 6.45) is -2.70. The average molecular weight is 254 g/mol. The van der Waals surface area contributed by atoms with E-state index in [4.69, 9.17) is 0 Å². The van der Waals surface area contributed by atoms with Gasteiger partial charge in [-0.3, -0.25) is 0 Å². The second-order valence-electron chi connectivity index (χ2n) is 2.78. The third-order valence-electron chi connectivity index (χ3n) is 1.63. The summed E-state index contributed by atoms with van der Waals surface area (Å²) >= 11 is 0. The summed E-state index contributed by atoms with van der Waals surface area (Å²) in [5.41, 5.74) is -0.656. The fourth-order valence-electron chi connectivity index (χ4n) is 0.983. The summed E-state index contributed by atoms with van der Waals surface area (Å²) in [4.78, 5) is 10.0. The Morgan fingerprint density at radius 1 is 1.31 bits per heavy atom. The molecule has 0 atom stereocenters. The molecule has 0 aliphatic heterocycles. The van der Waals surface area contributed by atoms with Crippen molar-refractivity contribution in [3.8, 4) is 0 Å². The van der Waals surface area contributed by atoms with Crippen molar-refractivity contribution in [1.82, 2.24) is 0 Å². The van der Waals surface area contributed by atoms with Gasteiger partial charge in [-0.15, -0.1) is 0 Å². The molecule has 80 valence electrons.